The molecular formula is C16H20N4O2. The van der Waals surface area contributed by atoms with Crippen LogP contribution in [0.5, 0.6) is 0 Å². The van der Waals surface area contributed by atoms with Crippen molar-refractivity contribution in [2.24, 2.45) is 0 Å². The van der Waals surface area contributed by atoms with Crippen molar-refractivity contribution in [2.75, 3.05) is 17.7 Å². The summed E-state index contributed by atoms with van der Waals surface area (Å²) in [5.41, 5.74) is 3.87. The average molecular weight is 300 g/mol. The fraction of sp³-hybridized carbons (Fsp3) is 0.250. The Morgan fingerprint density at radius 1 is 1.23 bits per heavy atom. The molecule has 1 amide bonds. The average Bonchev–Trinajstić information content (AvgIpc) is 2.48. The Morgan fingerprint density at radius 3 is 2.50 bits per heavy atom. The predicted molar refractivity (Wildman–Crippen MR) is 87.8 cm³/mol. The molecule has 0 unspecified atom stereocenters. The molecule has 2 aromatic heterocycles. The number of anilines is 2. The SMILES string of the molecule is CC=O.CNc1cc(-c2ccnc(NC(C)=O)c2)cnc1C. The van der Waals surface area contributed by atoms with Crippen LogP contribution < -0.4 is 10.6 Å². The summed E-state index contributed by atoms with van der Waals surface area (Å²) >= 11 is 0. The molecule has 22 heavy (non-hydrogen) atoms. The van der Waals surface area contributed by atoms with E-state index in [1.165, 1.54) is 13.8 Å². The lowest BCUT2D eigenvalue weighted by molar-refractivity contribution is -0.114. The number of aromatic nitrogens is 2. The Kier molecular flexibility index (Phi) is 6.69. The second-order valence-corrected chi connectivity index (χ2v) is 4.45. The third kappa shape index (κ3) is 4.97. The first-order valence-electron chi connectivity index (χ1n) is 6.80. The first-order valence-corrected chi connectivity index (χ1v) is 6.80. The van der Waals surface area contributed by atoms with Crippen LogP contribution in [0.1, 0.15) is 19.5 Å². The van der Waals surface area contributed by atoms with Crippen molar-refractivity contribution in [2.45, 2.75) is 20.8 Å². The molecule has 6 nitrogen and oxygen atoms in total. The molecule has 0 aromatic carbocycles. The number of aryl methyl sites for hydroxylation is 1. The van der Waals surface area contributed by atoms with E-state index in [0.717, 1.165) is 28.8 Å². The Morgan fingerprint density at radius 2 is 1.91 bits per heavy atom. The number of rotatable bonds is 3. The van der Waals surface area contributed by atoms with Gasteiger partial charge in [0, 0.05) is 31.9 Å². The van der Waals surface area contributed by atoms with Crippen LogP contribution in [0.25, 0.3) is 11.1 Å². The summed E-state index contributed by atoms with van der Waals surface area (Å²) in [6.45, 7) is 4.85. The molecule has 0 aliphatic carbocycles. The van der Waals surface area contributed by atoms with Crippen LogP contribution in [0.4, 0.5) is 11.5 Å². The highest BCUT2D eigenvalue weighted by molar-refractivity contribution is 5.88. The van der Waals surface area contributed by atoms with Gasteiger partial charge in [-0.3, -0.25) is 9.78 Å². The van der Waals surface area contributed by atoms with Crippen LogP contribution in [0.3, 0.4) is 0 Å². The van der Waals surface area contributed by atoms with Crippen molar-refractivity contribution in [1.29, 1.82) is 0 Å². The lowest BCUT2D eigenvalue weighted by atomic mass is 10.1. The quantitative estimate of drug-likeness (QED) is 0.851. The van der Waals surface area contributed by atoms with Gasteiger partial charge in [-0.15, -0.1) is 0 Å². The fourth-order valence-electron chi connectivity index (χ4n) is 1.80. The number of hydrogen-bond donors (Lipinski definition) is 2. The summed E-state index contributed by atoms with van der Waals surface area (Å²) in [7, 11) is 1.86. The Hall–Kier alpha value is -2.76. The van der Waals surface area contributed by atoms with Gasteiger partial charge in [-0.2, -0.15) is 0 Å². The number of hydrogen-bond acceptors (Lipinski definition) is 5. The van der Waals surface area contributed by atoms with Gasteiger partial charge in [0.2, 0.25) is 5.91 Å². The molecule has 0 aliphatic heterocycles. The maximum absolute atomic E-state index is 11.0. The Labute approximate surface area is 130 Å². The first-order chi connectivity index (χ1) is 10.5. The summed E-state index contributed by atoms with van der Waals surface area (Å²) in [5.74, 6) is 0.402. The van der Waals surface area contributed by atoms with Crippen LogP contribution in [-0.4, -0.2) is 29.2 Å². The molecule has 0 radical (unpaired) electrons. The van der Waals surface area contributed by atoms with E-state index in [0.29, 0.717) is 5.82 Å². The summed E-state index contributed by atoms with van der Waals surface area (Å²) in [5, 5.41) is 5.77. The third-order valence-corrected chi connectivity index (χ3v) is 2.75. The van der Waals surface area contributed by atoms with Gasteiger partial charge in [0.05, 0.1) is 11.4 Å². The van der Waals surface area contributed by atoms with Crippen molar-refractivity contribution in [3.05, 3.63) is 36.3 Å². The minimum atomic E-state index is -0.136. The highest BCUT2D eigenvalue weighted by Crippen LogP contribution is 2.24. The van der Waals surface area contributed by atoms with Crippen LogP contribution in [0, 0.1) is 6.92 Å². The minimum absolute atomic E-state index is 0.136. The number of carbonyl (C=O) groups excluding carboxylic acids is 2. The van der Waals surface area contributed by atoms with Crippen LogP contribution in [0.2, 0.25) is 0 Å². The van der Waals surface area contributed by atoms with Crippen molar-refractivity contribution >= 4 is 23.7 Å². The molecule has 0 saturated heterocycles. The number of nitrogens with one attached hydrogen (secondary N) is 2. The second kappa shape index (κ2) is 8.51. The van der Waals surface area contributed by atoms with Gasteiger partial charge in [0.25, 0.3) is 0 Å². The van der Waals surface area contributed by atoms with E-state index in [4.69, 9.17) is 4.79 Å². The van der Waals surface area contributed by atoms with Gasteiger partial charge < -0.3 is 15.4 Å². The molecule has 6 heteroatoms. The third-order valence-electron chi connectivity index (χ3n) is 2.75. The Balaban J connectivity index is 0.000000745. The van der Waals surface area contributed by atoms with E-state index in [1.807, 2.05) is 38.4 Å². The lowest BCUT2D eigenvalue weighted by Gasteiger charge is -2.08. The maximum Gasteiger partial charge on any atom is 0.222 e. The molecule has 0 spiro atoms. The predicted octanol–water partition coefficient (Wildman–Crippen LogP) is 2.66. The molecular weight excluding hydrogens is 280 g/mol. The topological polar surface area (TPSA) is 84.0 Å². The summed E-state index contributed by atoms with van der Waals surface area (Å²) in [6.07, 6.45) is 4.22. The van der Waals surface area contributed by atoms with Gasteiger partial charge in [-0.25, -0.2) is 4.98 Å². The Bertz CT molecular complexity index is 656. The van der Waals surface area contributed by atoms with Crippen molar-refractivity contribution < 1.29 is 9.59 Å². The molecule has 0 atom stereocenters. The van der Waals surface area contributed by atoms with Crippen molar-refractivity contribution in [3.8, 4) is 11.1 Å². The van der Waals surface area contributed by atoms with Gasteiger partial charge in [-0.05, 0) is 37.6 Å². The number of aldehydes is 1. The second-order valence-electron chi connectivity index (χ2n) is 4.45. The van der Waals surface area contributed by atoms with E-state index < -0.39 is 0 Å². The zero-order valence-corrected chi connectivity index (χ0v) is 13.2. The molecule has 116 valence electrons. The number of pyridine rings is 2. The lowest BCUT2D eigenvalue weighted by Crippen LogP contribution is -2.07. The molecule has 0 fully saturated rings. The molecule has 2 aromatic rings. The smallest absolute Gasteiger partial charge is 0.222 e. The normalized spacial score (nSPS) is 9.27. The molecule has 2 rings (SSSR count). The largest absolute Gasteiger partial charge is 0.387 e. The van der Waals surface area contributed by atoms with E-state index in [2.05, 4.69) is 20.6 Å². The van der Waals surface area contributed by atoms with Crippen LogP contribution in [-0.2, 0) is 9.59 Å². The molecule has 2 N–H and O–H groups in total. The highest BCUT2D eigenvalue weighted by atomic mass is 16.1. The van der Waals surface area contributed by atoms with Gasteiger partial charge >= 0.3 is 0 Å². The first kappa shape index (κ1) is 17.3. The molecule has 0 saturated carbocycles. The van der Waals surface area contributed by atoms with Crippen LogP contribution in [0.15, 0.2) is 30.6 Å². The van der Waals surface area contributed by atoms with Crippen LogP contribution >= 0.6 is 0 Å². The van der Waals surface area contributed by atoms with Crippen molar-refractivity contribution in [3.63, 3.8) is 0 Å². The van der Waals surface area contributed by atoms with Crippen molar-refractivity contribution in [1.82, 2.24) is 9.97 Å². The molecule has 0 bridgehead atoms. The maximum atomic E-state index is 11.0. The van der Waals surface area contributed by atoms with E-state index in [9.17, 15) is 4.79 Å². The monoisotopic (exact) mass is 300 g/mol. The molecule has 0 aliphatic rings. The summed E-state index contributed by atoms with van der Waals surface area (Å²) < 4.78 is 0. The summed E-state index contributed by atoms with van der Waals surface area (Å²) in [6, 6.07) is 5.74. The van der Waals surface area contributed by atoms with Gasteiger partial charge in [-0.1, -0.05) is 0 Å². The zero-order valence-electron chi connectivity index (χ0n) is 13.2. The number of amides is 1. The standard InChI is InChI=1S/C14H16N4O.C2H4O/c1-9-13(15-3)6-12(8-17-9)11-4-5-16-14(7-11)18-10(2)19;1-2-3/h4-8,15H,1-3H3,(H,16,18,19);2H,1H3. The van der Waals surface area contributed by atoms with Gasteiger partial charge in [0.15, 0.2) is 0 Å². The van der Waals surface area contributed by atoms with E-state index in [1.54, 1.807) is 6.20 Å². The summed E-state index contributed by atoms with van der Waals surface area (Å²) in [4.78, 5) is 28.3. The minimum Gasteiger partial charge on any atom is -0.387 e. The number of nitrogens with zero attached hydrogens (tertiary/aromatic N) is 2. The van der Waals surface area contributed by atoms with E-state index >= 15 is 0 Å². The van der Waals surface area contributed by atoms with E-state index in [-0.39, 0.29) is 5.91 Å². The zero-order chi connectivity index (χ0) is 16.5. The molecule has 2 heterocycles. The fourth-order valence-corrected chi connectivity index (χ4v) is 1.80. The number of carbonyl (C=O) groups is 2. The highest BCUT2D eigenvalue weighted by Gasteiger charge is 2.05. The van der Waals surface area contributed by atoms with Gasteiger partial charge in [0.1, 0.15) is 12.1 Å².